The second-order valence-corrected chi connectivity index (χ2v) is 7.91. The number of ether oxygens (including phenoxy) is 1. The number of fused-ring (bicyclic) bond motifs is 1. The Balaban J connectivity index is 1.43. The molecule has 1 heterocycles. The summed E-state index contributed by atoms with van der Waals surface area (Å²) in [7, 11) is 0. The van der Waals surface area contributed by atoms with Gasteiger partial charge in [-0.15, -0.1) is 0 Å². The van der Waals surface area contributed by atoms with Gasteiger partial charge in [0, 0.05) is 5.69 Å². The number of imide groups is 1. The van der Waals surface area contributed by atoms with E-state index >= 15 is 0 Å². The Morgan fingerprint density at radius 3 is 2.18 bits per heavy atom. The highest BCUT2D eigenvalue weighted by Crippen LogP contribution is 2.29. The molecule has 1 N–H and O–H groups in total. The molecule has 0 aliphatic carbocycles. The highest BCUT2D eigenvalue weighted by Gasteiger charge is 2.36. The standard InChI is InChI=1S/C26H22N2O5/c1-16(2)19-10-5-6-13-22(19)27-23(29)15-33-26(32)17-8-7-9-18(14-17)28-24(30)20-11-3-4-12-21(20)25(28)31/h3-14,16H,15H2,1-2H3,(H,27,29). The van der Waals surface area contributed by atoms with Crippen molar-refractivity contribution in [3.05, 3.63) is 95.1 Å². The Labute approximate surface area is 191 Å². The minimum atomic E-state index is -0.735. The summed E-state index contributed by atoms with van der Waals surface area (Å²) in [4.78, 5) is 51.3. The number of esters is 1. The Bertz CT molecular complexity index is 1230. The second kappa shape index (κ2) is 9.08. The van der Waals surface area contributed by atoms with Crippen molar-refractivity contribution in [1.29, 1.82) is 0 Å². The second-order valence-electron chi connectivity index (χ2n) is 7.91. The van der Waals surface area contributed by atoms with Gasteiger partial charge in [-0.3, -0.25) is 14.4 Å². The molecule has 4 rings (SSSR count). The van der Waals surface area contributed by atoms with Gasteiger partial charge >= 0.3 is 5.97 Å². The van der Waals surface area contributed by atoms with Gasteiger partial charge in [0.1, 0.15) is 0 Å². The highest BCUT2D eigenvalue weighted by atomic mass is 16.5. The summed E-state index contributed by atoms with van der Waals surface area (Å²) in [6.45, 7) is 3.57. The summed E-state index contributed by atoms with van der Waals surface area (Å²) in [6, 6.07) is 20.0. The van der Waals surface area contributed by atoms with Gasteiger partial charge in [0.2, 0.25) is 0 Å². The van der Waals surface area contributed by atoms with Crippen LogP contribution in [0.2, 0.25) is 0 Å². The van der Waals surface area contributed by atoms with E-state index in [2.05, 4.69) is 5.32 Å². The van der Waals surface area contributed by atoms with E-state index in [4.69, 9.17) is 4.74 Å². The Hall–Kier alpha value is -4.26. The van der Waals surface area contributed by atoms with Crippen molar-refractivity contribution in [2.24, 2.45) is 0 Å². The van der Waals surface area contributed by atoms with E-state index in [0.29, 0.717) is 16.8 Å². The molecule has 0 bridgehead atoms. The number of nitrogens with zero attached hydrogens (tertiary/aromatic N) is 1. The van der Waals surface area contributed by atoms with Gasteiger partial charge in [-0.1, -0.05) is 50.2 Å². The maximum absolute atomic E-state index is 12.7. The third-order valence-electron chi connectivity index (χ3n) is 5.33. The fourth-order valence-corrected chi connectivity index (χ4v) is 3.71. The smallest absolute Gasteiger partial charge is 0.338 e. The van der Waals surface area contributed by atoms with Gasteiger partial charge in [-0.2, -0.15) is 0 Å². The van der Waals surface area contributed by atoms with Crippen molar-refractivity contribution in [2.75, 3.05) is 16.8 Å². The molecule has 1 aliphatic heterocycles. The lowest BCUT2D eigenvalue weighted by atomic mass is 10.0. The van der Waals surface area contributed by atoms with Crippen LogP contribution >= 0.6 is 0 Å². The van der Waals surface area contributed by atoms with E-state index in [0.717, 1.165) is 10.5 Å². The Morgan fingerprint density at radius 2 is 1.52 bits per heavy atom. The number of nitrogens with one attached hydrogen (secondary N) is 1. The van der Waals surface area contributed by atoms with Crippen molar-refractivity contribution in [2.45, 2.75) is 19.8 Å². The van der Waals surface area contributed by atoms with Gasteiger partial charge < -0.3 is 10.1 Å². The molecule has 0 fully saturated rings. The average molecular weight is 442 g/mol. The van der Waals surface area contributed by atoms with Crippen molar-refractivity contribution in [3.8, 4) is 0 Å². The third-order valence-corrected chi connectivity index (χ3v) is 5.33. The number of anilines is 2. The summed E-state index contributed by atoms with van der Waals surface area (Å²) in [5.41, 5.74) is 2.65. The van der Waals surface area contributed by atoms with Crippen LogP contribution in [-0.2, 0) is 9.53 Å². The van der Waals surface area contributed by atoms with E-state index < -0.39 is 30.3 Å². The van der Waals surface area contributed by atoms with E-state index in [9.17, 15) is 19.2 Å². The zero-order valence-corrected chi connectivity index (χ0v) is 18.2. The van der Waals surface area contributed by atoms with Crippen molar-refractivity contribution >= 4 is 35.1 Å². The summed E-state index contributed by atoms with van der Waals surface area (Å²) in [5.74, 6) is -1.89. The molecular weight excluding hydrogens is 420 g/mol. The number of hydrogen-bond acceptors (Lipinski definition) is 5. The molecule has 0 saturated heterocycles. The van der Waals surface area contributed by atoms with Gasteiger partial charge in [0.05, 0.1) is 22.4 Å². The minimum Gasteiger partial charge on any atom is -0.452 e. The summed E-state index contributed by atoms with van der Waals surface area (Å²) in [5, 5.41) is 2.76. The summed E-state index contributed by atoms with van der Waals surface area (Å²) < 4.78 is 5.16. The molecule has 0 atom stereocenters. The lowest BCUT2D eigenvalue weighted by Crippen LogP contribution is -2.29. The summed E-state index contributed by atoms with van der Waals surface area (Å²) >= 11 is 0. The van der Waals surface area contributed by atoms with Crippen LogP contribution in [0.3, 0.4) is 0 Å². The van der Waals surface area contributed by atoms with Crippen LogP contribution in [0.1, 0.15) is 56.4 Å². The van der Waals surface area contributed by atoms with Crippen molar-refractivity contribution in [1.82, 2.24) is 0 Å². The number of carbonyl (C=O) groups excluding carboxylic acids is 4. The molecule has 7 heteroatoms. The monoisotopic (exact) mass is 442 g/mol. The van der Waals surface area contributed by atoms with Gasteiger partial charge in [-0.25, -0.2) is 9.69 Å². The summed E-state index contributed by atoms with van der Waals surface area (Å²) in [6.07, 6.45) is 0. The number of rotatable bonds is 6. The van der Waals surface area contributed by atoms with Gasteiger partial charge in [-0.05, 0) is 47.9 Å². The predicted octanol–water partition coefficient (Wildman–Crippen LogP) is 4.41. The number of carbonyl (C=O) groups is 4. The molecule has 1 aliphatic rings. The van der Waals surface area contributed by atoms with E-state index in [1.54, 1.807) is 42.5 Å². The highest BCUT2D eigenvalue weighted by molar-refractivity contribution is 6.34. The first kappa shape index (κ1) is 22.0. The van der Waals surface area contributed by atoms with Crippen molar-refractivity contribution < 1.29 is 23.9 Å². The number of para-hydroxylation sites is 1. The lowest BCUT2D eigenvalue weighted by Gasteiger charge is -2.15. The third kappa shape index (κ3) is 4.39. The Kier molecular flexibility index (Phi) is 6.04. The molecule has 7 nitrogen and oxygen atoms in total. The van der Waals surface area contributed by atoms with Crippen LogP contribution in [0.4, 0.5) is 11.4 Å². The molecule has 0 saturated carbocycles. The van der Waals surface area contributed by atoms with Crippen LogP contribution in [0.15, 0.2) is 72.8 Å². The molecule has 166 valence electrons. The first-order valence-electron chi connectivity index (χ1n) is 10.5. The predicted molar refractivity (Wildman–Crippen MR) is 123 cm³/mol. The molecule has 0 spiro atoms. The number of amides is 3. The first-order valence-corrected chi connectivity index (χ1v) is 10.5. The minimum absolute atomic E-state index is 0.124. The molecule has 33 heavy (non-hydrogen) atoms. The van der Waals surface area contributed by atoms with Crippen LogP contribution in [-0.4, -0.2) is 30.3 Å². The van der Waals surface area contributed by atoms with E-state index in [1.807, 2.05) is 32.0 Å². The first-order chi connectivity index (χ1) is 15.9. The molecule has 0 radical (unpaired) electrons. The van der Waals surface area contributed by atoms with E-state index in [1.165, 1.54) is 12.1 Å². The maximum Gasteiger partial charge on any atom is 0.338 e. The van der Waals surface area contributed by atoms with Gasteiger partial charge in [0.15, 0.2) is 6.61 Å². The number of benzene rings is 3. The molecule has 0 unspecified atom stereocenters. The van der Waals surface area contributed by atoms with Crippen LogP contribution in [0.5, 0.6) is 0 Å². The normalized spacial score (nSPS) is 12.6. The number of hydrogen-bond donors (Lipinski definition) is 1. The van der Waals surface area contributed by atoms with Crippen LogP contribution < -0.4 is 10.2 Å². The zero-order valence-electron chi connectivity index (χ0n) is 18.2. The molecular formula is C26H22N2O5. The fraction of sp³-hybridized carbons (Fsp3) is 0.154. The maximum atomic E-state index is 12.7. The lowest BCUT2D eigenvalue weighted by molar-refractivity contribution is -0.119. The average Bonchev–Trinajstić information content (AvgIpc) is 3.08. The van der Waals surface area contributed by atoms with E-state index in [-0.39, 0.29) is 17.2 Å². The molecule has 3 amide bonds. The molecule has 3 aromatic carbocycles. The van der Waals surface area contributed by atoms with Crippen molar-refractivity contribution in [3.63, 3.8) is 0 Å². The largest absolute Gasteiger partial charge is 0.452 e. The van der Waals surface area contributed by atoms with Crippen LogP contribution in [0, 0.1) is 0 Å². The Morgan fingerprint density at radius 1 is 0.879 bits per heavy atom. The fourth-order valence-electron chi connectivity index (χ4n) is 3.71. The topological polar surface area (TPSA) is 92.8 Å². The van der Waals surface area contributed by atoms with Gasteiger partial charge in [0.25, 0.3) is 17.7 Å². The van der Waals surface area contributed by atoms with Crippen LogP contribution in [0.25, 0.3) is 0 Å². The molecule has 3 aromatic rings. The zero-order chi connectivity index (χ0) is 23.5. The molecule has 0 aromatic heterocycles. The SMILES string of the molecule is CC(C)c1ccccc1NC(=O)COC(=O)c1cccc(N2C(=O)c3ccccc3C2=O)c1. The quantitative estimate of drug-likeness (QED) is 0.451.